The number of nitrogens with one attached hydrogen (secondary N) is 1. The minimum atomic E-state index is -0.900. The van der Waals surface area contributed by atoms with Crippen LogP contribution in [0.3, 0.4) is 0 Å². The van der Waals surface area contributed by atoms with E-state index in [4.69, 9.17) is 0 Å². The molecule has 4 nitrogen and oxygen atoms in total. The molecule has 1 saturated heterocycles. The number of carbonyl (C=O) groups is 1. The molecule has 4 heteroatoms. The van der Waals surface area contributed by atoms with Gasteiger partial charge in [0.05, 0.1) is 12.5 Å². The highest BCUT2D eigenvalue weighted by Gasteiger charge is 2.37. The van der Waals surface area contributed by atoms with Crippen LogP contribution in [-0.4, -0.2) is 42.1 Å². The second kappa shape index (κ2) is 6.62. The van der Waals surface area contributed by atoms with Crippen molar-refractivity contribution in [2.24, 2.45) is 11.8 Å². The van der Waals surface area contributed by atoms with Crippen molar-refractivity contribution in [1.29, 1.82) is 0 Å². The normalized spacial score (nSPS) is 27.4. The molecule has 1 aromatic carbocycles. The van der Waals surface area contributed by atoms with Gasteiger partial charge in [0.1, 0.15) is 5.60 Å². The number of benzene rings is 1. The van der Waals surface area contributed by atoms with Crippen LogP contribution < -0.4 is 5.32 Å². The van der Waals surface area contributed by atoms with Gasteiger partial charge in [-0.15, -0.1) is 0 Å². The maximum atomic E-state index is 12.4. The molecule has 0 aromatic heterocycles. The standard InChI is InChI=1S/C19H28N2O2/c1-14(2)11-21-10-8-16(12-21)18(22)20-13-19(23)9-7-15-5-3-4-6-17(15)19/h3-6,14,16,23H,7-13H2,1-2H3,(H,20,22). The van der Waals surface area contributed by atoms with E-state index in [9.17, 15) is 9.90 Å². The quantitative estimate of drug-likeness (QED) is 0.872. The smallest absolute Gasteiger partial charge is 0.224 e. The number of nitrogens with zero attached hydrogens (tertiary/aromatic N) is 1. The monoisotopic (exact) mass is 316 g/mol. The number of carbonyl (C=O) groups excluding carboxylic acids is 1. The Kier molecular flexibility index (Phi) is 4.74. The molecule has 126 valence electrons. The third-order valence-corrected chi connectivity index (χ3v) is 5.15. The molecule has 0 spiro atoms. The van der Waals surface area contributed by atoms with Crippen LogP contribution in [0.25, 0.3) is 0 Å². The lowest BCUT2D eigenvalue weighted by Gasteiger charge is -2.25. The Morgan fingerprint density at radius 1 is 1.43 bits per heavy atom. The number of fused-ring (bicyclic) bond motifs is 1. The van der Waals surface area contributed by atoms with E-state index in [1.165, 1.54) is 5.56 Å². The molecule has 2 unspecified atom stereocenters. The first-order valence-corrected chi connectivity index (χ1v) is 8.79. The van der Waals surface area contributed by atoms with Gasteiger partial charge < -0.3 is 15.3 Å². The molecular formula is C19H28N2O2. The van der Waals surface area contributed by atoms with Crippen LogP contribution in [-0.2, 0) is 16.8 Å². The van der Waals surface area contributed by atoms with Crippen molar-refractivity contribution >= 4 is 5.91 Å². The summed E-state index contributed by atoms with van der Waals surface area (Å²) in [5, 5.41) is 13.9. The van der Waals surface area contributed by atoms with E-state index in [-0.39, 0.29) is 11.8 Å². The van der Waals surface area contributed by atoms with Crippen molar-refractivity contribution in [3.63, 3.8) is 0 Å². The van der Waals surface area contributed by atoms with Crippen molar-refractivity contribution in [2.45, 2.75) is 38.7 Å². The molecular weight excluding hydrogens is 288 g/mol. The number of aryl methyl sites for hydroxylation is 1. The van der Waals surface area contributed by atoms with E-state index in [2.05, 4.69) is 30.1 Å². The van der Waals surface area contributed by atoms with Gasteiger partial charge in [-0.25, -0.2) is 0 Å². The number of likely N-dealkylation sites (tertiary alicyclic amines) is 1. The summed E-state index contributed by atoms with van der Waals surface area (Å²) in [5.74, 6) is 0.788. The Bertz CT molecular complexity index is 572. The Hall–Kier alpha value is -1.39. The zero-order chi connectivity index (χ0) is 16.4. The summed E-state index contributed by atoms with van der Waals surface area (Å²) in [6.45, 7) is 7.65. The maximum Gasteiger partial charge on any atom is 0.224 e. The summed E-state index contributed by atoms with van der Waals surface area (Å²) in [6.07, 6.45) is 2.50. The Morgan fingerprint density at radius 2 is 2.22 bits per heavy atom. The minimum Gasteiger partial charge on any atom is -0.383 e. The van der Waals surface area contributed by atoms with Gasteiger partial charge >= 0.3 is 0 Å². The summed E-state index contributed by atoms with van der Waals surface area (Å²) >= 11 is 0. The van der Waals surface area contributed by atoms with Crippen molar-refractivity contribution in [3.05, 3.63) is 35.4 Å². The molecule has 0 saturated carbocycles. The molecule has 23 heavy (non-hydrogen) atoms. The fraction of sp³-hybridized carbons (Fsp3) is 0.632. The molecule has 2 N–H and O–H groups in total. The van der Waals surface area contributed by atoms with Crippen LogP contribution in [0.1, 0.15) is 37.8 Å². The van der Waals surface area contributed by atoms with Crippen LogP contribution in [0.15, 0.2) is 24.3 Å². The van der Waals surface area contributed by atoms with Crippen LogP contribution in [0.2, 0.25) is 0 Å². The van der Waals surface area contributed by atoms with E-state index in [1.54, 1.807) is 0 Å². The van der Waals surface area contributed by atoms with Crippen LogP contribution >= 0.6 is 0 Å². The van der Waals surface area contributed by atoms with Gasteiger partial charge in [-0.05, 0) is 42.9 Å². The Labute approximate surface area is 138 Å². The zero-order valence-electron chi connectivity index (χ0n) is 14.2. The predicted molar refractivity (Wildman–Crippen MR) is 91.1 cm³/mol. The maximum absolute atomic E-state index is 12.4. The molecule has 1 fully saturated rings. The number of hydrogen-bond donors (Lipinski definition) is 2. The van der Waals surface area contributed by atoms with Crippen LogP contribution in [0.5, 0.6) is 0 Å². The average molecular weight is 316 g/mol. The molecule has 1 aliphatic heterocycles. The van der Waals surface area contributed by atoms with Crippen molar-refractivity contribution in [2.75, 3.05) is 26.2 Å². The Balaban J connectivity index is 1.54. The summed E-state index contributed by atoms with van der Waals surface area (Å²) in [7, 11) is 0. The number of hydrogen-bond acceptors (Lipinski definition) is 3. The number of rotatable bonds is 5. The van der Waals surface area contributed by atoms with E-state index < -0.39 is 5.60 Å². The fourth-order valence-electron chi connectivity index (χ4n) is 3.96. The lowest BCUT2D eigenvalue weighted by Crippen LogP contribution is -2.42. The molecule has 1 heterocycles. The third-order valence-electron chi connectivity index (χ3n) is 5.15. The highest BCUT2D eigenvalue weighted by Crippen LogP contribution is 2.36. The molecule has 1 amide bonds. The molecule has 3 rings (SSSR count). The van der Waals surface area contributed by atoms with Crippen molar-refractivity contribution in [3.8, 4) is 0 Å². The Morgan fingerprint density at radius 3 is 3.00 bits per heavy atom. The van der Waals surface area contributed by atoms with E-state index >= 15 is 0 Å². The molecule has 0 radical (unpaired) electrons. The molecule has 2 atom stereocenters. The largest absolute Gasteiger partial charge is 0.383 e. The van der Waals surface area contributed by atoms with Crippen LogP contribution in [0.4, 0.5) is 0 Å². The summed E-state index contributed by atoms with van der Waals surface area (Å²) in [6, 6.07) is 8.01. The van der Waals surface area contributed by atoms with Gasteiger partial charge in [0.2, 0.25) is 5.91 Å². The molecule has 1 aromatic rings. The summed E-state index contributed by atoms with van der Waals surface area (Å²) < 4.78 is 0. The van der Waals surface area contributed by atoms with Crippen molar-refractivity contribution in [1.82, 2.24) is 10.2 Å². The van der Waals surface area contributed by atoms with E-state index in [0.717, 1.165) is 38.0 Å². The van der Waals surface area contributed by atoms with Crippen LogP contribution in [0, 0.1) is 11.8 Å². The molecule has 2 aliphatic rings. The van der Waals surface area contributed by atoms with Gasteiger partial charge in [-0.1, -0.05) is 38.1 Å². The van der Waals surface area contributed by atoms with Gasteiger partial charge in [0, 0.05) is 13.1 Å². The average Bonchev–Trinajstić information content (AvgIpc) is 3.11. The number of aliphatic hydroxyl groups is 1. The van der Waals surface area contributed by atoms with E-state index in [1.807, 2.05) is 18.2 Å². The van der Waals surface area contributed by atoms with E-state index in [0.29, 0.717) is 18.9 Å². The lowest BCUT2D eigenvalue weighted by atomic mass is 9.95. The lowest BCUT2D eigenvalue weighted by molar-refractivity contribution is -0.126. The second-order valence-corrected chi connectivity index (χ2v) is 7.55. The zero-order valence-corrected chi connectivity index (χ0v) is 14.2. The summed E-state index contributed by atoms with van der Waals surface area (Å²) in [4.78, 5) is 14.8. The fourth-order valence-corrected chi connectivity index (χ4v) is 3.96. The topological polar surface area (TPSA) is 52.6 Å². The highest BCUT2D eigenvalue weighted by atomic mass is 16.3. The third kappa shape index (κ3) is 3.59. The SMILES string of the molecule is CC(C)CN1CCC(C(=O)NCC2(O)CCc3ccccc32)C1. The van der Waals surface area contributed by atoms with Crippen molar-refractivity contribution < 1.29 is 9.90 Å². The molecule has 0 bridgehead atoms. The first-order valence-electron chi connectivity index (χ1n) is 8.79. The second-order valence-electron chi connectivity index (χ2n) is 7.55. The predicted octanol–water partition coefficient (Wildman–Crippen LogP) is 1.91. The van der Waals surface area contributed by atoms with Gasteiger partial charge in [-0.3, -0.25) is 4.79 Å². The molecule has 1 aliphatic carbocycles. The first-order chi connectivity index (χ1) is 11.0. The van der Waals surface area contributed by atoms with Gasteiger partial charge in [-0.2, -0.15) is 0 Å². The summed E-state index contributed by atoms with van der Waals surface area (Å²) in [5.41, 5.74) is 1.28. The first kappa shape index (κ1) is 16.5. The van der Waals surface area contributed by atoms with Gasteiger partial charge in [0.15, 0.2) is 0 Å². The highest BCUT2D eigenvalue weighted by molar-refractivity contribution is 5.79. The number of amides is 1. The minimum absolute atomic E-state index is 0.0639. The van der Waals surface area contributed by atoms with Gasteiger partial charge in [0.25, 0.3) is 0 Å².